The molecule has 0 saturated carbocycles. The topological polar surface area (TPSA) is 101 Å². The number of carbonyl (C=O) groups excluding carboxylic acids is 1. The van der Waals surface area contributed by atoms with E-state index in [4.69, 9.17) is 4.42 Å². The molecule has 0 aliphatic carbocycles. The Bertz CT molecular complexity index is 1440. The highest BCUT2D eigenvalue weighted by molar-refractivity contribution is 5.86. The molecule has 0 aliphatic rings. The first-order valence-corrected chi connectivity index (χ1v) is 10.8. The van der Waals surface area contributed by atoms with Crippen LogP contribution in [0.4, 0.5) is 0 Å². The summed E-state index contributed by atoms with van der Waals surface area (Å²) in [5.41, 5.74) is 1.30. The number of aryl methyl sites for hydroxylation is 1. The summed E-state index contributed by atoms with van der Waals surface area (Å²) in [5, 5.41) is 0. The number of furan rings is 1. The minimum Gasteiger partial charge on any atom is -0.463 e. The van der Waals surface area contributed by atoms with Gasteiger partial charge in [0.25, 0.3) is 5.56 Å². The van der Waals surface area contributed by atoms with Gasteiger partial charge in [-0.3, -0.25) is 9.36 Å². The van der Waals surface area contributed by atoms with Gasteiger partial charge in [-0.1, -0.05) is 32.0 Å². The standard InChI is InChI=1S/C24H26N4O5/c1-15(2)11-12-27-22(29)20-21(28(24(27)31)18-8-6-5-7-16(18)3)25-14-26(20)13-17-9-10-19(33-17)23(30)32-4/h5-10,14-15H,11-13H2,1-4H3. The number of nitrogens with zero attached hydrogens (tertiary/aromatic N) is 4. The molecule has 4 rings (SSSR count). The lowest BCUT2D eigenvalue weighted by atomic mass is 10.1. The minimum absolute atomic E-state index is 0.0723. The molecule has 4 aromatic rings. The third-order valence-electron chi connectivity index (χ3n) is 5.56. The molecule has 33 heavy (non-hydrogen) atoms. The Hall–Kier alpha value is -3.88. The van der Waals surface area contributed by atoms with Crippen molar-refractivity contribution in [3.05, 3.63) is 80.6 Å². The zero-order valence-corrected chi connectivity index (χ0v) is 19.1. The minimum atomic E-state index is -0.582. The zero-order chi connectivity index (χ0) is 23.7. The number of methoxy groups -OCH3 is 1. The van der Waals surface area contributed by atoms with Crippen molar-refractivity contribution in [2.24, 2.45) is 5.92 Å². The first kappa shape index (κ1) is 22.3. The quantitative estimate of drug-likeness (QED) is 0.401. The van der Waals surface area contributed by atoms with E-state index < -0.39 is 17.2 Å². The van der Waals surface area contributed by atoms with Crippen LogP contribution in [-0.2, 0) is 17.8 Å². The highest BCUT2D eigenvalue weighted by atomic mass is 16.5. The lowest BCUT2D eigenvalue weighted by molar-refractivity contribution is 0.0563. The Balaban J connectivity index is 1.91. The van der Waals surface area contributed by atoms with Gasteiger partial charge in [0.15, 0.2) is 11.2 Å². The SMILES string of the molecule is COC(=O)c1ccc(Cn2cnc3c2c(=O)n(CCC(C)C)c(=O)n3-c2ccccc2C)o1. The molecule has 3 aromatic heterocycles. The fourth-order valence-corrected chi connectivity index (χ4v) is 3.76. The molecule has 3 heterocycles. The number of fused-ring (bicyclic) bond motifs is 1. The van der Waals surface area contributed by atoms with Crippen molar-refractivity contribution in [2.45, 2.75) is 40.3 Å². The smallest absolute Gasteiger partial charge is 0.373 e. The molecule has 0 bridgehead atoms. The van der Waals surface area contributed by atoms with Gasteiger partial charge in [0, 0.05) is 6.54 Å². The molecule has 9 nitrogen and oxygen atoms in total. The summed E-state index contributed by atoms with van der Waals surface area (Å²) in [7, 11) is 1.28. The summed E-state index contributed by atoms with van der Waals surface area (Å²) in [6.07, 6.45) is 2.19. The summed E-state index contributed by atoms with van der Waals surface area (Å²) in [6.45, 7) is 6.47. The Labute approximate surface area is 189 Å². The van der Waals surface area contributed by atoms with Crippen molar-refractivity contribution >= 4 is 17.1 Å². The van der Waals surface area contributed by atoms with E-state index in [2.05, 4.69) is 9.72 Å². The molecule has 0 N–H and O–H groups in total. The number of imidazole rings is 1. The monoisotopic (exact) mass is 450 g/mol. The predicted octanol–water partition coefficient (Wildman–Crippen LogP) is 3.13. The van der Waals surface area contributed by atoms with E-state index in [1.54, 1.807) is 10.6 Å². The zero-order valence-electron chi connectivity index (χ0n) is 19.1. The van der Waals surface area contributed by atoms with Gasteiger partial charge in [0.05, 0.1) is 25.7 Å². The molecule has 0 atom stereocenters. The van der Waals surface area contributed by atoms with Gasteiger partial charge in [0.2, 0.25) is 5.76 Å². The van der Waals surface area contributed by atoms with Crippen molar-refractivity contribution in [3.63, 3.8) is 0 Å². The van der Waals surface area contributed by atoms with Crippen LogP contribution in [0.5, 0.6) is 0 Å². The average Bonchev–Trinajstić information content (AvgIpc) is 3.42. The van der Waals surface area contributed by atoms with E-state index in [1.165, 1.54) is 28.6 Å². The number of carbonyl (C=O) groups is 1. The Morgan fingerprint density at radius 1 is 1.15 bits per heavy atom. The molecule has 0 spiro atoms. The second kappa shape index (κ2) is 8.93. The molecule has 0 amide bonds. The fraction of sp³-hybridized carbons (Fsp3) is 0.333. The third kappa shape index (κ3) is 4.13. The van der Waals surface area contributed by atoms with E-state index in [0.29, 0.717) is 30.3 Å². The maximum absolute atomic E-state index is 13.5. The van der Waals surface area contributed by atoms with Gasteiger partial charge in [-0.25, -0.2) is 19.1 Å². The van der Waals surface area contributed by atoms with Crippen LogP contribution < -0.4 is 11.2 Å². The molecule has 0 saturated heterocycles. The van der Waals surface area contributed by atoms with Crippen molar-refractivity contribution < 1.29 is 13.9 Å². The second-order valence-electron chi connectivity index (χ2n) is 8.35. The maximum Gasteiger partial charge on any atom is 0.373 e. The number of hydrogen-bond donors (Lipinski definition) is 0. The molecule has 0 unspecified atom stereocenters. The van der Waals surface area contributed by atoms with Crippen LogP contribution in [0.3, 0.4) is 0 Å². The van der Waals surface area contributed by atoms with E-state index >= 15 is 0 Å². The number of aromatic nitrogens is 4. The molecule has 0 radical (unpaired) electrons. The lowest BCUT2D eigenvalue weighted by Gasteiger charge is -2.14. The average molecular weight is 450 g/mol. The molecule has 1 aromatic carbocycles. The Kier molecular flexibility index (Phi) is 6.04. The summed E-state index contributed by atoms with van der Waals surface area (Å²) in [4.78, 5) is 43.0. The second-order valence-corrected chi connectivity index (χ2v) is 8.35. The van der Waals surface area contributed by atoms with Gasteiger partial charge in [-0.2, -0.15) is 0 Å². The molecular formula is C24H26N4O5. The van der Waals surface area contributed by atoms with Crippen LogP contribution in [0.25, 0.3) is 16.9 Å². The number of hydrogen-bond acceptors (Lipinski definition) is 6. The van der Waals surface area contributed by atoms with Gasteiger partial charge < -0.3 is 13.7 Å². The summed E-state index contributed by atoms with van der Waals surface area (Å²) in [6, 6.07) is 10.6. The van der Waals surface area contributed by atoms with E-state index in [1.807, 2.05) is 45.0 Å². The van der Waals surface area contributed by atoms with Gasteiger partial charge in [0.1, 0.15) is 5.76 Å². The number of rotatable bonds is 7. The lowest BCUT2D eigenvalue weighted by Crippen LogP contribution is -2.40. The summed E-state index contributed by atoms with van der Waals surface area (Å²) in [5.74, 6) is 0.268. The van der Waals surface area contributed by atoms with E-state index in [9.17, 15) is 14.4 Å². The van der Waals surface area contributed by atoms with Gasteiger partial charge in [-0.05, 0) is 43.0 Å². The first-order chi connectivity index (χ1) is 15.8. The number of ether oxygens (including phenoxy) is 1. The van der Waals surface area contributed by atoms with Crippen molar-refractivity contribution in [1.82, 2.24) is 18.7 Å². The van der Waals surface area contributed by atoms with E-state index in [-0.39, 0.29) is 23.5 Å². The Morgan fingerprint density at radius 3 is 2.61 bits per heavy atom. The predicted molar refractivity (Wildman–Crippen MR) is 123 cm³/mol. The molecule has 9 heteroatoms. The normalized spacial score (nSPS) is 11.4. The number of esters is 1. The van der Waals surface area contributed by atoms with Crippen LogP contribution in [0.1, 0.15) is 42.1 Å². The summed E-state index contributed by atoms with van der Waals surface area (Å²) >= 11 is 0. The van der Waals surface area contributed by atoms with Crippen LogP contribution in [0.2, 0.25) is 0 Å². The highest BCUT2D eigenvalue weighted by Crippen LogP contribution is 2.18. The molecule has 172 valence electrons. The number of para-hydroxylation sites is 1. The fourth-order valence-electron chi connectivity index (χ4n) is 3.76. The van der Waals surface area contributed by atoms with Crippen molar-refractivity contribution in [2.75, 3.05) is 7.11 Å². The van der Waals surface area contributed by atoms with Crippen LogP contribution in [0, 0.1) is 12.8 Å². The van der Waals surface area contributed by atoms with Crippen molar-refractivity contribution in [1.29, 1.82) is 0 Å². The maximum atomic E-state index is 13.5. The largest absolute Gasteiger partial charge is 0.463 e. The van der Waals surface area contributed by atoms with Crippen LogP contribution in [-0.4, -0.2) is 31.8 Å². The summed E-state index contributed by atoms with van der Waals surface area (Å²) < 4.78 is 14.6. The highest BCUT2D eigenvalue weighted by Gasteiger charge is 2.21. The van der Waals surface area contributed by atoms with Crippen LogP contribution >= 0.6 is 0 Å². The third-order valence-corrected chi connectivity index (χ3v) is 5.56. The first-order valence-electron chi connectivity index (χ1n) is 10.8. The molecular weight excluding hydrogens is 424 g/mol. The molecule has 0 aliphatic heterocycles. The van der Waals surface area contributed by atoms with E-state index in [0.717, 1.165) is 5.56 Å². The van der Waals surface area contributed by atoms with Crippen LogP contribution in [0.15, 0.2) is 56.7 Å². The van der Waals surface area contributed by atoms with Gasteiger partial charge in [-0.15, -0.1) is 0 Å². The van der Waals surface area contributed by atoms with Gasteiger partial charge >= 0.3 is 11.7 Å². The number of benzene rings is 1. The molecule has 0 fully saturated rings. The van der Waals surface area contributed by atoms with Crippen molar-refractivity contribution in [3.8, 4) is 5.69 Å². The Morgan fingerprint density at radius 2 is 1.91 bits per heavy atom.